The fraction of sp³-hybridized carbons (Fsp3) is 0.357. The van der Waals surface area contributed by atoms with Crippen molar-refractivity contribution in [3.63, 3.8) is 0 Å². The lowest BCUT2D eigenvalue weighted by Gasteiger charge is -2.13. The van der Waals surface area contributed by atoms with E-state index in [1.54, 1.807) is 5.32 Å². The summed E-state index contributed by atoms with van der Waals surface area (Å²) in [6, 6.07) is 5.17. The van der Waals surface area contributed by atoms with Crippen LogP contribution in [0.15, 0.2) is 29.0 Å². The summed E-state index contributed by atoms with van der Waals surface area (Å²) in [7, 11) is 0. The van der Waals surface area contributed by atoms with Gasteiger partial charge in [-0.2, -0.15) is 4.98 Å². The quantitative estimate of drug-likeness (QED) is 0.874. The second kappa shape index (κ2) is 6.28. The number of hydrogen-bond donors (Lipinski definition) is 2. The number of carbonyl (C=O) groups is 1. The Balaban J connectivity index is 2.36. The van der Waals surface area contributed by atoms with E-state index in [4.69, 9.17) is 0 Å². The Kier molecular flexibility index (Phi) is 4.67. The molecule has 3 N–H and O–H groups in total. The van der Waals surface area contributed by atoms with Gasteiger partial charge < -0.3 is 5.11 Å². The van der Waals surface area contributed by atoms with E-state index < -0.39 is 12.0 Å². The first-order chi connectivity index (χ1) is 9.47. The molecule has 0 saturated carbocycles. The maximum atomic E-state index is 11.4. The summed E-state index contributed by atoms with van der Waals surface area (Å²) in [6.45, 7) is 4.02. The lowest BCUT2D eigenvalue weighted by molar-refractivity contribution is -0.602. The molecule has 6 heteroatoms. The highest BCUT2D eigenvalue weighted by atomic mass is 79.9. The molecule has 0 bridgehead atoms. The summed E-state index contributed by atoms with van der Waals surface area (Å²) in [5.41, 5.74) is 0.808. The fourth-order valence-electron chi connectivity index (χ4n) is 2.12. The van der Waals surface area contributed by atoms with Crippen molar-refractivity contribution in [1.82, 2.24) is 9.97 Å². The fourth-order valence-corrected chi connectivity index (χ4v) is 2.48. The highest BCUT2D eigenvalue weighted by molar-refractivity contribution is 9.10. The standard InChI is InChI=1S/C14H16BrN3O2/c1-8(2)5-12(14(19)20)18-13-10-6-9(15)3-4-11(10)16-7-17-13/h3-4,6-8,12H,5H2,1-2H3,(H,19,20)(H,16,17,18)/p+1. The number of quaternary nitrogens is 1. The first-order valence-electron chi connectivity index (χ1n) is 6.45. The third kappa shape index (κ3) is 3.52. The number of aromatic nitrogens is 2. The van der Waals surface area contributed by atoms with Gasteiger partial charge in [-0.25, -0.2) is 9.78 Å². The molecule has 1 unspecified atom stereocenters. The molecule has 2 aromatic rings. The summed E-state index contributed by atoms with van der Waals surface area (Å²) in [6.07, 6.45) is 2.06. The minimum absolute atomic E-state index is 0.312. The van der Waals surface area contributed by atoms with E-state index in [1.165, 1.54) is 6.33 Å². The van der Waals surface area contributed by atoms with Crippen molar-refractivity contribution in [1.29, 1.82) is 0 Å². The number of nitrogens with zero attached hydrogens (tertiary/aromatic N) is 2. The van der Waals surface area contributed by atoms with Crippen LogP contribution in [-0.2, 0) is 4.79 Å². The van der Waals surface area contributed by atoms with Crippen LogP contribution < -0.4 is 5.32 Å². The highest BCUT2D eigenvalue weighted by Gasteiger charge is 2.24. The lowest BCUT2D eigenvalue weighted by atomic mass is 10.0. The van der Waals surface area contributed by atoms with Crippen molar-refractivity contribution >= 4 is 38.6 Å². The normalized spacial score (nSPS) is 12.8. The van der Waals surface area contributed by atoms with Crippen LogP contribution in [0.4, 0.5) is 5.82 Å². The Bertz CT molecular complexity index is 631. The zero-order valence-electron chi connectivity index (χ0n) is 11.4. The Labute approximate surface area is 125 Å². The van der Waals surface area contributed by atoms with Crippen molar-refractivity contribution in [2.45, 2.75) is 26.3 Å². The van der Waals surface area contributed by atoms with Crippen LogP contribution in [0.25, 0.3) is 10.9 Å². The van der Waals surface area contributed by atoms with Crippen molar-refractivity contribution in [2.75, 3.05) is 0 Å². The van der Waals surface area contributed by atoms with Gasteiger partial charge >= 0.3 is 5.97 Å². The van der Waals surface area contributed by atoms with Gasteiger partial charge in [0.1, 0.15) is 6.33 Å². The molecule has 20 heavy (non-hydrogen) atoms. The van der Waals surface area contributed by atoms with Gasteiger partial charge in [0.2, 0.25) is 5.82 Å². The van der Waals surface area contributed by atoms with Gasteiger partial charge in [-0.3, -0.25) is 5.32 Å². The monoisotopic (exact) mass is 338 g/mol. The Hall–Kier alpha value is -1.53. The molecule has 1 atom stereocenters. The van der Waals surface area contributed by atoms with Gasteiger partial charge in [-0.15, -0.1) is 0 Å². The summed E-state index contributed by atoms with van der Waals surface area (Å²) in [5, 5.41) is 11.9. The maximum Gasteiger partial charge on any atom is 0.362 e. The van der Waals surface area contributed by atoms with E-state index in [-0.39, 0.29) is 0 Å². The smallest absolute Gasteiger partial charge is 0.362 e. The molecule has 0 fully saturated rings. The predicted molar refractivity (Wildman–Crippen MR) is 79.7 cm³/mol. The van der Waals surface area contributed by atoms with E-state index in [2.05, 4.69) is 25.9 Å². The molecular formula is C14H17BrN3O2+. The molecule has 1 heterocycles. The molecule has 0 aliphatic rings. The molecule has 5 nitrogen and oxygen atoms in total. The highest BCUT2D eigenvalue weighted by Crippen LogP contribution is 2.21. The molecular weight excluding hydrogens is 322 g/mol. The van der Waals surface area contributed by atoms with E-state index in [9.17, 15) is 9.90 Å². The molecule has 0 aliphatic carbocycles. The van der Waals surface area contributed by atoms with E-state index in [0.29, 0.717) is 18.2 Å². The lowest BCUT2D eigenvalue weighted by Crippen LogP contribution is -2.87. The average molecular weight is 339 g/mol. The molecule has 1 aromatic heterocycles. The number of fused-ring (bicyclic) bond motifs is 1. The van der Waals surface area contributed by atoms with Gasteiger partial charge in [0.05, 0.1) is 10.9 Å². The van der Waals surface area contributed by atoms with Gasteiger partial charge in [-0.1, -0.05) is 29.8 Å². The van der Waals surface area contributed by atoms with E-state index >= 15 is 0 Å². The van der Waals surface area contributed by atoms with Gasteiger partial charge in [0.25, 0.3) is 0 Å². The number of carboxylic acids is 1. The second-order valence-electron chi connectivity index (χ2n) is 5.16. The van der Waals surface area contributed by atoms with Crippen molar-refractivity contribution in [2.24, 2.45) is 5.92 Å². The number of carboxylic acid groups (broad SMARTS) is 1. The summed E-state index contributed by atoms with van der Waals surface area (Å²) >= 11 is 3.42. The van der Waals surface area contributed by atoms with Crippen LogP contribution >= 0.6 is 15.9 Å². The van der Waals surface area contributed by atoms with Crippen molar-refractivity contribution in [3.8, 4) is 0 Å². The summed E-state index contributed by atoms with van der Waals surface area (Å²) in [4.78, 5) is 19.8. The third-order valence-corrected chi connectivity index (χ3v) is 3.52. The largest absolute Gasteiger partial charge is 0.477 e. The number of nitrogens with two attached hydrogens (primary N) is 1. The van der Waals surface area contributed by atoms with Crippen LogP contribution in [0.3, 0.4) is 0 Å². The van der Waals surface area contributed by atoms with Gasteiger partial charge in [0, 0.05) is 10.9 Å². The Morgan fingerprint density at radius 3 is 2.80 bits per heavy atom. The zero-order valence-corrected chi connectivity index (χ0v) is 13.0. The minimum atomic E-state index is -0.819. The van der Waals surface area contributed by atoms with Crippen molar-refractivity contribution in [3.05, 3.63) is 29.0 Å². The Morgan fingerprint density at radius 2 is 2.15 bits per heavy atom. The van der Waals surface area contributed by atoms with Gasteiger partial charge in [-0.05, 0) is 24.1 Å². The topological polar surface area (TPSA) is 79.7 Å². The van der Waals surface area contributed by atoms with Crippen LogP contribution in [0.2, 0.25) is 0 Å². The molecule has 0 amide bonds. The molecule has 106 valence electrons. The SMILES string of the molecule is CC(C)CC([NH2+]c1ncnc2ccc(Br)cc12)C(=O)O. The van der Waals surface area contributed by atoms with Crippen LogP contribution in [0.1, 0.15) is 20.3 Å². The first-order valence-corrected chi connectivity index (χ1v) is 7.24. The minimum Gasteiger partial charge on any atom is -0.477 e. The summed E-state index contributed by atoms with van der Waals surface area (Å²) in [5.74, 6) is 0.164. The summed E-state index contributed by atoms with van der Waals surface area (Å²) < 4.78 is 0.921. The number of halogens is 1. The van der Waals surface area contributed by atoms with E-state index in [1.807, 2.05) is 32.0 Å². The maximum absolute atomic E-state index is 11.4. The number of aliphatic carboxylic acids is 1. The third-order valence-electron chi connectivity index (χ3n) is 3.03. The van der Waals surface area contributed by atoms with Crippen LogP contribution in [-0.4, -0.2) is 27.1 Å². The van der Waals surface area contributed by atoms with Crippen molar-refractivity contribution < 1.29 is 15.2 Å². The Morgan fingerprint density at radius 1 is 1.40 bits per heavy atom. The molecule has 1 aromatic carbocycles. The molecule has 0 radical (unpaired) electrons. The zero-order chi connectivity index (χ0) is 14.7. The van der Waals surface area contributed by atoms with Gasteiger partial charge in [0.15, 0.2) is 6.04 Å². The van der Waals surface area contributed by atoms with E-state index in [0.717, 1.165) is 15.4 Å². The van der Waals surface area contributed by atoms with Crippen LogP contribution in [0, 0.1) is 5.92 Å². The number of benzene rings is 1. The molecule has 0 saturated heterocycles. The first kappa shape index (κ1) is 14.9. The molecule has 0 spiro atoms. The second-order valence-corrected chi connectivity index (χ2v) is 6.08. The molecule has 2 rings (SSSR count). The number of rotatable bonds is 5. The van der Waals surface area contributed by atoms with Crippen LogP contribution in [0.5, 0.6) is 0 Å². The average Bonchev–Trinajstić information content (AvgIpc) is 2.38. The predicted octanol–water partition coefficient (Wildman–Crippen LogP) is 2.09. The molecule has 0 aliphatic heterocycles. The number of hydrogen-bond acceptors (Lipinski definition) is 3.